The summed E-state index contributed by atoms with van der Waals surface area (Å²) in [6, 6.07) is 5.95. The van der Waals surface area contributed by atoms with Crippen LogP contribution in [-0.2, 0) is 18.4 Å². The van der Waals surface area contributed by atoms with E-state index in [1.807, 2.05) is 7.05 Å². The molecule has 0 saturated heterocycles. The Labute approximate surface area is 136 Å². The predicted molar refractivity (Wildman–Crippen MR) is 79.0 cm³/mol. The first-order valence-electron chi connectivity index (χ1n) is 7.44. The zero-order valence-corrected chi connectivity index (χ0v) is 12.9. The van der Waals surface area contributed by atoms with Crippen molar-refractivity contribution < 1.29 is 22.7 Å². The Morgan fingerprint density at radius 1 is 1.42 bits per heavy atom. The minimum absolute atomic E-state index is 0.190. The molecule has 0 spiro atoms. The van der Waals surface area contributed by atoms with Gasteiger partial charge in [-0.25, -0.2) is 4.98 Å². The van der Waals surface area contributed by atoms with Gasteiger partial charge < -0.3 is 14.6 Å². The van der Waals surface area contributed by atoms with Crippen molar-refractivity contribution in [1.29, 1.82) is 0 Å². The highest BCUT2D eigenvalue weighted by atomic mass is 19.4. The van der Waals surface area contributed by atoms with Gasteiger partial charge in [0.25, 0.3) is 0 Å². The fraction of sp³-hybridized carbons (Fsp3) is 0.375. The number of aromatic nitrogens is 2. The maximum Gasteiger partial charge on any atom is 0.573 e. The summed E-state index contributed by atoms with van der Waals surface area (Å²) in [5.41, 5.74) is 0.409. The standard InChI is InChI=1S/C16H16F3N3O2/c1-22-7-6-20-14(22)9-21-15(23)12-8-11(12)10-4-2-3-5-13(10)24-16(17,18)19/h2-7,11-12H,8-9H2,1H3,(H,21,23)/t11-,12+/m0/s1. The molecule has 0 aliphatic heterocycles. The Kier molecular flexibility index (Phi) is 4.21. The Bertz CT molecular complexity index is 742. The van der Waals surface area contributed by atoms with Crippen molar-refractivity contribution in [3.05, 3.63) is 48.0 Å². The molecule has 2 atom stereocenters. The van der Waals surface area contributed by atoms with Gasteiger partial charge in [0, 0.05) is 25.4 Å². The van der Waals surface area contributed by atoms with Gasteiger partial charge in [-0.2, -0.15) is 0 Å². The van der Waals surface area contributed by atoms with E-state index in [9.17, 15) is 18.0 Å². The quantitative estimate of drug-likeness (QED) is 0.911. The number of benzene rings is 1. The molecule has 3 rings (SSSR count). The second kappa shape index (κ2) is 6.18. The summed E-state index contributed by atoms with van der Waals surface area (Å²) in [5, 5.41) is 2.77. The summed E-state index contributed by atoms with van der Waals surface area (Å²) in [4.78, 5) is 16.3. The van der Waals surface area contributed by atoms with Crippen molar-refractivity contribution in [3.8, 4) is 5.75 Å². The lowest BCUT2D eigenvalue weighted by Crippen LogP contribution is -2.26. The van der Waals surface area contributed by atoms with Crippen molar-refractivity contribution in [3.63, 3.8) is 0 Å². The van der Waals surface area contributed by atoms with Gasteiger partial charge >= 0.3 is 6.36 Å². The van der Waals surface area contributed by atoms with E-state index in [1.165, 1.54) is 12.1 Å². The first-order valence-corrected chi connectivity index (χ1v) is 7.44. The van der Waals surface area contributed by atoms with Gasteiger partial charge in [-0.1, -0.05) is 18.2 Å². The molecule has 5 nitrogen and oxygen atoms in total. The zero-order chi connectivity index (χ0) is 17.3. The van der Waals surface area contributed by atoms with E-state index < -0.39 is 6.36 Å². The van der Waals surface area contributed by atoms with Crippen molar-refractivity contribution in [2.75, 3.05) is 0 Å². The fourth-order valence-electron chi connectivity index (χ4n) is 2.70. The highest BCUT2D eigenvalue weighted by Gasteiger charge is 2.46. The summed E-state index contributed by atoms with van der Waals surface area (Å²) < 4.78 is 43.2. The van der Waals surface area contributed by atoms with Gasteiger partial charge in [0.2, 0.25) is 5.91 Å². The molecule has 1 N–H and O–H groups in total. The minimum Gasteiger partial charge on any atom is -0.405 e. The number of nitrogens with one attached hydrogen (secondary N) is 1. The number of rotatable bonds is 5. The normalized spacial score (nSPS) is 19.8. The second-order valence-electron chi connectivity index (χ2n) is 5.71. The van der Waals surface area contributed by atoms with Crippen LogP contribution in [0.1, 0.15) is 23.7 Å². The zero-order valence-electron chi connectivity index (χ0n) is 12.9. The molecular formula is C16H16F3N3O2. The number of carbonyl (C=O) groups excluding carboxylic acids is 1. The molecule has 24 heavy (non-hydrogen) atoms. The Morgan fingerprint density at radius 2 is 2.17 bits per heavy atom. The number of carbonyl (C=O) groups is 1. The topological polar surface area (TPSA) is 56.2 Å². The summed E-state index contributed by atoms with van der Waals surface area (Å²) in [6.07, 6.45) is -0.843. The van der Waals surface area contributed by atoms with E-state index in [2.05, 4.69) is 15.0 Å². The minimum atomic E-state index is -4.75. The molecule has 1 aromatic carbocycles. The van der Waals surface area contributed by atoms with Crippen molar-refractivity contribution in [2.45, 2.75) is 25.2 Å². The molecule has 128 valence electrons. The molecular weight excluding hydrogens is 323 g/mol. The Hall–Kier alpha value is -2.51. The van der Waals surface area contributed by atoms with Gasteiger partial charge in [0.15, 0.2) is 0 Å². The van der Waals surface area contributed by atoms with Gasteiger partial charge in [-0.15, -0.1) is 13.2 Å². The van der Waals surface area contributed by atoms with E-state index in [4.69, 9.17) is 0 Å². The average molecular weight is 339 g/mol. The lowest BCUT2D eigenvalue weighted by atomic mass is 10.1. The number of aryl methyl sites for hydroxylation is 1. The third-order valence-electron chi connectivity index (χ3n) is 4.01. The van der Waals surface area contributed by atoms with E-state index in [1.54, 1.807) is 29.1 Å². The van der Waals surface area contributed by atoms with Crippen LogP contribution in [0.2, 0.25) is 0 Å². The van der Waals surface area contributed by atoms with Gasteiger partial charge in [0.1, 0.15) is 11.6 Å². The Balaban J connectivity index is 1.63. The summed E-state index contributed by atoms with van der Waals surface area (Å²) >= 11 is 0. The number of para-hydroxylation sites is 1. The fourth-order valence-corrected chi connectivity index (χ4v) is 2.70. The summed E-state index contributed by atoms with van der Waals surface area (Å²) in [6.45, 7) is 0.284. The number of ether oxygens (including phenoxy) is 1. The van der Waals surface area contributed by atoms with Crippen molar-refractivity contribution in [1.82, 2.24) is 14.9 Å². The number of imidazole rings is 1. The summed E-state index contributed by atoms with van der Waals surface area (Å²) in [7, 11) is 1.82. The van der Waals surface area contributed by atoms with Gasteiger partial charge in [-0.3, -0.25) is 4.79 Å². The lowest BCUT2D eigenvalue weighted by molar-refractivity contribution is -0.274. The SMILES string of the molecule is Cn1ccnc1CNC(=O)[C@@H]1C[C@H]1c1ccccc1OC(F)(F)F. The van der Waals surface area contributed by atoms with Gasteiger partial charge in [0.05, 0.1) is 6.54 Å². The highest BCUT2D eigenvalue weighted by Crippen LogP contribution is 2.51. The smallest absolute Gasteiger partial charge is 0.405 e. The van der Waals surface area contributed by atoms with E-state index in [-0.39, 0.29) is 30.0 Å². The van der Waals surface area contributed by atoms with Crippen LogP contribution in [0.3, 0.4) is 0 Å². The van der Waals surface area contributed by atoms with E-state index in [0.717, 1.165) is 0 Å². The molecule has 1 aliphatic rings. The molecule has 1 fully saturated rings. The number of nitrogens with zero attached hydrogens (tertiary/aromatic N) is 2. The number of halogens is 3. The monoisotopic (exact) mass is 339 g/mol. The molecule has 1 saturated carbocycles. The van der Waals surface area contributed by atoms with E-state index in [0.29, 0.717) is 17.8 Å². The second-order valence-corrected chi connectivity index (χ2v) is 5.71. The van der Waals surface area contributed by atoms with E-state index >= 15 is 0 Å². The van der Waals surface area contributed by atoms with Crippen molar-refractivity contribution >= 4 is 5.91 Å². The Morgan fingerprint density at radius 3 is 2.83 bits per heavy atom. The molecule has 0 bridgehead atoms. The molecule has 1 amide bonds. The van der Waals surface area contributed by atoms with Crippen LogP contribution in [0.5, 0.6) is 5.75 Å². The first-order chi connectivity index (χ1) is 11.3. The van der Waals surface area contributed by atoms with Crippen LogP contribution >= 0.6 is 0 Å². The number of hydrogen-bond acceptors (Lipinski definition) is 3. The first kappa shape index (κ1) is 16.4. The van der Waals surface area contributed by atoms with Crippen LogP contribution in [0.4, 0.5) is 13.2 Å². The third-order valence-corrected chi connectivity index (χ3v) is 4.01. The third kappa shape index (κ3) is 3.69. The molecule has 1 aromatic heterocycles. The molecule has 0 unspecified atom stereocenters. The van der Waals surface area contributed by atoms with Crippen LogP contribution in [0.15, 0.2) is 36.7 Å². The molecule has 2 aromatic rings. The number of alkyl halides is 3. The van der Waals surface area contributed by atoms with Crippen LogP contribution in [0, 0.1) is 5.92 Å². The largest absolute Gasteiger partial charge is 0.573 e. The van der Waals surface area contributed by atoms with Gasteiger partial charge in [-0.05, 0) is 24.0 Å². The average Bonchev–Trinajstić information content (AvgIpc) is 3.20. The summed E-state index contributed by atoms with van der Waals surface area (Å²) in [5.74, 6) is -0.325. The van der Waals surface area contributed by atoms with Crippen LogP contribution < -0.4 is 10.1 Å². The molecule has 8 heteroatoms. The number of hydrogen-bond donors (Lipinski definition) is 1. The molecule has 1 heterocycles. The lowest BCUT2D eigenvalue weighted by Gasteiger charge is -2.13. The maximum absolute atomic E-state index is 12.5. The highest BCUT2D eigenvalue weighted by molar-refractivity contribution is 5.83. The number of amides is 1. The molecule has 1 aliphatic carbocycles. The molecule has 0 radical (unpaired) electrons. The van der Waals surface area contributed by atoms with Crippen LogP contribution in [0.25, 0.3) is 0 Å². The van der Waals surface area contributed by atoms with Crippen LogP contribution in [-0.4, -0.2) is 21.8 Å². The van der Waals surface area contributed by atoms with Crippen molar-refractivity contribution in [2.24, 2.45) is 13.0 Å². The predicted octanol–water partition coefficient (Wildman–Crippen LogP) is 2.74. The maximum atomic E-state index is 12.5.